The van der Waals surface area contributed by atoms with Crippen molar-refractivity contribution in [2.45, 2.75) is 47.2 Å². The summed E-state index contributed by atoms with van der Waals surface area (Å²) in [5, 5.41) is 0. The number of alkyl halides is 3. The lowest BCUT2D eigenvalue weighted by molar-refractivity contribution is -0.127. The van der Waals surface area contributed by atoms with Crippen LogP contribution in [0.5, 0.6) is 11.6 Å². The van der Waals surface area contributed by atoms with Gasteiger partial charge in [0, 0.05) is 11.3 Å². The van der Waals surface area contributed by atoms with Crippen LogP contribution in [-0.4, -0.2) is 11.2 Å². The van der Waals surface area contributed by atoms with Crippen LogP contribution < -0.4 is 4.74 Å². The van der Waals surface area contributed by atoms with Crippen molar-refractivity contribution in [2.24, 2.45) is 0 Å². The first-order valence-corrected chi connectivity index (χ1v) is 7.36. The van der Waals surface area contributed by atoms with Crippen LogP contribution in [-0.2, 0) is 6.42 Å². The van der Waals surface area contributed by atoms with Crippen LogP contribution in [0.3, 0.4) is 0 Å². The minimum Gasteiger partial charge on any atom is -0.438 e. The van der Waals surface area contributed by atoms with Crippen molar-refractivity contribution in [3.63, 3.8) is 0 Å². The molecule has 0 unspecified atom stereocenters. The number of aryl methyl sites for hydroxylation is 4. The third kappa shape index (κ3) is 4.24. The summed E-state index contributed by atoms with van der Waals surface area (Å²) < 4.78 is 44.1. The van der Waals surface area contributed by atoms with Crippen molar-refractivity contribution >= 4 is 0 Å². The van der Waals surface area contributed by atoms with E-state index in [-0.39, 0.29) is 11.4 Å². The monoisotopic (exact) mass is 323 g/mol. The second-order valence-corrected chi connectivity index (χ2v) is 5.97. The van der Waals surface area contributed by atoms with Gasteiger partial charge in [-0.2, -0.15) is 13.2 Å². The Morgan fingerprint density at radius 2 is 1.52 bits per heavy atom. The van der Waals surface area contributed by atoms with Gasteiger partial charge >= 0.3 is 6.18 Å². The van der Waals surface area contributed by atoms with Crippen molar-refractivity contribution in [3.05, 3.63) is 51.7 Å². The minimum absolute atomic E-state index is 0.197. The number of rotatable bonds is 3. The van der Waals surface area contributed by atoms with Gasteiger partial charge in [0.25, 0.3) is 0 Å². The fraction of sp³-hybridized carbons (Fsp3) is 0.389. The normalized spacial score (nSPS) is 11.7. The van der Waals surface area contributed by atoms with Crippen LogP contribution in [0.1, 0.15) is 33.5 Å². The van der Waals surface area contributed by atoms with Gasteiger partial charge < -0.3 is 4.74 Å². The average Bonchev–Trinajstić information content (AvgIpc) is 2.37. The second kappa shape index (κ2) is 6.22. The molecule has 1 aromatic carbocycles. The van der Waals surface area contributed by atoms with Gasteiger partial charge in [-0.3, -0.25) is 0 Å². The number of halogens is 3. The summed E-state index contributed by atoms with van der Waals surface area (Å²) in [6.07, 6.45) is -5.24. The topological polar surface area (TPSA) is 22.1 Å². The predicted octanol–water partition coefficient (Wildman–Crippen LogP) is 5.52. The zero-order valence-electron chi connectivity index (χ0n) is 13.9. The van der Waals surface area contributed by atoms with Gasteiger partial charge in [-0.1, -0.05) is 17.7 Å². The summed E-state index contributed by atoms with van der Waals surface area (Å²) in [7, 11) is 0. The van der Waals surface area contributed by atoms with E-state index in [0.717, 1.165) is 16.7 Å². The van der Waals surface area contributed by atoms with Crippen molar-refractivity contribution in [2.75, 3.05) is 0 Å². The SMILES string of the molecule is Cc1cc(C)c(Oc2nc(C)cc(CC(F)(F)F)c2C)c(C)c1. The molecule has 0 aliphatic carbocycles. The number of benzene rings is 1. The Kier molecular flexibility index (Phi) is 4.68. The number of ether oxygens (including phenoxy) is 1. The Labute approximate surface area is 134 Å². The van der Waals surface area contributed by atoms with Crippen LogP contribution in [0.2, 0.25) is 0 Å². The molecule has 0 radical (unpaired) electrons. The van der Waals surface area contributed by atoms with Gasteiger partial charge in [0.2, 0.25) is 5.88 Å². The maximum atomic E-state index is 12.7. The summed E-state index contributed by atoms with van der Waals surface area (Å²) >= 11 is 0. The Balaban J connectivity index is 2.45. The van der Waals surface area contributed by atoms with Crippen LogP contribution in [0.15, 0.2) is 18.2 Å². The molecule has 2 nitrogen and oxygen atoms in total. The summed E-state index contributed by atoms with van der Waals surface area (Å²) in [6.45, 7) is 9.10. The van der Waals surface area contributed by atoms with Gasteiger partial charge in [-0.25, -0.2) is 4.98 Å². The maximum Gasteiger partial charge on any atom is 0.393 e. The lowest BCUT2D eigenvalue weighted by atomic mass is 10.1. The van der Waals surface area contributed by atoms with E-state index in [2.05, 4.69) is 4.98 Å². The van der Waals surface area contributed by atoms with E-state index < -0.39 is 12.6 Å². The van der Waals surface area contributed by atoms with Gasteiger partial charge in [0.05, 0.1) is 6.42 Å². The van der Waals surface area contributed by atoms with E-state index in [9.17, 15) is 13.2 Å². The van der Waals surface area contributed by atoms with Crippen LogP contribution in [0.25, 0.3) is 0 Å². The standard InChI is InChI=1S/C18H20F3NO/c1-10-6-11(2)16(12(3)7-10)23-17-14(5)15(8-13(4)22-17)9-18(19,20)21/h6-8H,9H2,1-5H3. The lowest BCUT2D eigenvalue weighted by Gasteiger charge is -2.17. The molecular formula is C18H20F3NO. The molecule has 0 fully saturated rings. The second-order valence-electron chi connectivity index (χ2n) is 5.97. The summed E-state index contributed by atoms with van der Waals surface area (Å²) in [5.74, 6) is 0.883. The number of hydrogen-bond acceptors (Lipinski definition) is 2. The molecular weight excluding hydrogens is 303 g/mol. The minimum atomic E-state index is -4.26. The first-order chi connectivity index (χ1) is 10.6. The van der Waals surface area contributed by atoms with Crippen molar-refractivity contribution in [1.29, 1.82) is 0 Å². The highest BCUT2D eigenvalue weighted by Gasteiger charge is 2.29. The van der Waals surface area contributed by atoms with Crippen LogP contribution in [0.4, 0.5) is 13.2 Å². The largest absolute Gasteiger partial charge is 0.438 e. The van der Waals surface area contributed by atoms with E-state index in [4.69, 9.17) is 4.74 Å². The van der Waals surface area contributed by atoms with E-state index in [1.165, 1.54) is 6.07 Å². The molecule has 0 atom stereocenters. The smallest absolute Gasteiger partial charge is 0.393 e. The summed E-state index contributed by atoms with van der Waals surface area (Å²) in [6, 6.07) is 5.42. The maximum absolute atomic E-state index is 12.7. The highest BCUT2D eigenvalue weighted by molar-refractivity contribution is 5.46. The van der Waals surface area contributed by atoms with E-state index in [1.54, 1.807) is 13.8 Å². The molecule has 124 valence electrons. The first kappa shape index (κ1) is 17.3. The molecule has 0 N–H and O–H groups in total. The fourth-order valence-corrected chi connectivity index (χ4v) is 2.70. The fourth-order valence-electron chi connectivity index (χ4n) is 2.70. The number of nitrogens with zero attached hydrogens (tertiary/aromatic N) is 1. The molecule has 0 spiro atoms. The number of hydrogen-bond donors (Lipinski definition) is 0. The van der Waals surface area contributed by atoms with Gasteiger partial charge in [-0.05, 0) is 57.4 Å². The lowest BCUT2D eigenvalue weighted by Crippen LogP contribution is -2.13. The van der Waals surface area contributed by atoms with Crippen LogP contribution in [0, 0.1) is 34.6 Å². The average molecular weight is 323 g/mol. The quantitative estimate of drug-likeness (QED) is 0.742. The van der Waals surface area contributed by atoms with Crippen molar-refractivity contribution in [3.8, 4) is 11.6 Å². The highest BCUT2D eigenvalue weighted by atomic mass is 19.4. The van der Waals surface area contributed by atoms with E-state index in [1.807, 2.05) is 32.9 Å². The molecule has 0 saturated heterocycles. The molecule has 1 aromatic heterocycles. The van der Waals surface area contributed by atoms with Crippen molar-refractivity contribution < 1.29 is 17.9 Å². The number of pyridine rings is 1. The van der Waals surface area contributed by atoms with Gasteiger partial charge in [-0.15, -0.1) is 0 Å². The zero-order chi connectivity index (χ0) is 17.4. The molecule has 5 heteroatoms. The van der Waals surface area contributed by atoms with E-state index >= 15 is 0 Å². The van der Waals surface area contributed by atoms with E-state index in [0.29, 0.717) is 17.0 Å². The van der Waals surface area contributed by atoms with Crippen molar-refractivity contribution in [1.82, 2.24) is 4.98 Å². The van der Waals surface area contributed by atoms with Gasteiger partial charge in [0.1, 0.15) is 5.75 Å². The van der Waals surface area contributed by atoms with Crippen LogP contribution >= 0.6 is 0 Å². The molecule has 2 aromatic rings. The molecule has 0 bridgehead atoms. The highest BCUT2D eigenvalue weighted by Crippen LogP contribution is 2.33. The first-order valence-electron chi connectivity index (χ1n) is 7.36. The molecule has 2 rings (SSSR count). The Bertz CT molecular complexity index is 713. The summed E-state index contributed by atoms with van der Waals surface area (Å²) in [4.78, 5) is 4.27. The Hall–Kier alpha value is -2.04. The molecule has 0 aliphatic rings. The predicted molar refractivity (Wildman–Crippen MR) is 84.2 cm³/mol. The summed E-state index contributed by atoms with van der Waals surface area (Å²) in [5.41, 5.74) is 4.10. The Morgan fingerprint density at radius 1 is 0.957 bits per heavy atom. The molecule has 0 aliphatic heterocycles. The molecule has 1 heterocycles. The zero-order valence-corrected chi connectivity index (χ0v) is 13.9. The van der Waals surface area contributed by atoms with Gasteiger partial charge in [0.15, 0.2) is 0 Å². The Morgan fingerprint density at radius 3 is 2.04 bits per heavy atom. The molecule has 0 amide bonds. The molecule has 0 saturated carbocycles. The molecule has 23 heavy (non-hydrogen) atoms. The number of aromatic nitrogens is 1. The third-order valence-electron chi connectivity index (χ3n) is 3.66. The third-order valence-corrected chi connectivity index (χ3v) is 3.66.